The maximum Gasteiger partial charge on any atom is 0.122 e. The lowest BCUT2D eigenvalue weighted by atomic mass is 10.1. The zero-order chi connectivity index (χ0) is 12.5. The van der Waals surface area contributed by atoms with Crippen molar-refractivity contribution in [3.05, 3.63) is 29.8 Å². The molecule has 0 aliphatic carbocycles. The van der Waals surface area contributed by atoms with Gasteiger partial charge in [-0.3, -0.25) is 0 Å². The van der Waals surface area contributed by atoms with Gasteiger partial charge in [0.2, 0.25) is 0 Å². The van der Waals surface area contributed by atoms with Gasteiger partial charge < -0.3 is 14.8 Å². The molecule has 0 spiro atoms. The Morgan fingerprint density at radius 2 is 2.00 bits per heavy atom. The second kappa shape index (κ2) is 8.09. The molecule has 1 N–H and O–H groups in total. The molecule has 17 heavy (non-hydrogen) atoms. The molecule has 3 heteroatoms. The Bertz CT molecular complexity index is 315. The topological polar surface area (TPSA) is 30.5 Å². The molecule has 0 bridgehead atoms. The van der Waals surface area contributed by atoms with Gasteiger partial charge in [-0.25, -0.2) is 0 Å². The van der Waals surface area contributed by atoms with Crippen LogP contribution in [0.15, 0.2) is 24.3 Å². The summed E-state index contributed by atoms with van der Waals surface area (Å²) in [6.45, 7) is 6.58. The number of benzene rings is 1. The Morgan fingerprint density at radius 1 is 1.24 bits per heavy atom. The summed E-state index contributed by atoms with van der Waals surface area (Å²) >= 11 is 0. The summed E-state index contributed by atoms with van der Waals surface area (Å²) in [5, 5.41) is 3.44. The van der Waals surface area contributed by atoms with Gasteiger partial charge >= 0.3 is 0 Å². The van der Waals surface area contributed by atoms with Gasteiger partial charge in [-0.15, -0.1) is 0 Å². The number of likely N-dealkylation sites (N-methyl/N-ethyl adjacent to an activating group) is 1. The van der Waals surface area contributed by atoms with Crippen LogP contribution in [0.1, 0.15) is 19.4 Å². The Balaban J connectivity index is 2.63. The molecule has 0 radical (unpaired) electrons. The molecule has 1 rings (SSSR count). The molecular weight excluding hydrogens is 214 g/mol. The maximum absolute atomic E-state index is 5.49. The average molecular weight is 237 g/mol. The van der Waals surface area contributed by atoms with Crippen molar-refractivity contribution >= 4 is 0 Å². The Labute approximate surface area is 104 Å². The van der Waals surface area contributed by atoms with Crippen LogP contribution in [-0.2, 0) is 11.2 Å². The van der Waals surface area contributed by atoms with Gasteiger partial charge in [-0.1, -0.05) is 25.1 Å². The van der Waals surface area contributed by atoms with Gasteiger partial charge in [0.1, 0.15) is 5.75 Å². The fourth-order valence-electron chi connectivity index (χ4n) is 1.88. The van der Waals surface area contributed by atoms with E-state index in [1.165, 1.54) is 5.56 Å². The molecule has 1 aromatic rings. The van der Waals surface area contributed by atoms with E-state index < -0.39 is 0 Å². The molecule has 1 aromatic carbocycles. The average Bonchev–Trinajstić information content (AvgIpc) is 2.37. The summed E-state index contributed by atoms with van der Waals surface area (Å²) < 4.78 is 10.9. The first kappa shape index (κ1) is 14.0. The van der Waals surface area contributed by atoms with Gasteiger partial charge in [0.05, 0.1) is 13.7 Å². The maximum atomic E-state index is 5.49. The number of nitrogens with one attached hydrogen (secondary N) is 1. The van der Waals surface area contributed by atoms with Crippen LogP contribution in [0, 0.1) is 0 Å². The first-order valence-corrected chi connectivity index (χ1v) is 6.24. The third-order valence-corrected chi connectivity index (χ3v) is 2.67. The summed E-state index contributed by atoms with van der Waals surface area (Å²) in [7, 11) is 1.71. The molecule has 1 atom stereocenters. The van der Waals surface area contributed by atoms with Crippen molar-refractivity contribution in [2.24, 2.45) is 0 Å². The molecule has 1 unspecified atom stereocenters. The smallest absolute Gasteiger partial charge is 0.122 e. The van der Waals surface area contributed by atoms with Crippen LogP contribution in [0.2, 0.25) is 0 Å². The van der Waals surface area contributed by atoms with Crippen LogP contribution in [0.4, 0.5) is 0 Å². The van der Waals surface area contributed by atoms with E-state index >= 15 is 0 Å². The van der Waals surface area contributed by atoms with Crippen molar-refractivity contribution in [3.8, 4) is 5.75 Å². The number of ether oxygens (including phenoxy) is 2. The van der Waals surface area contributed by atoms with Crippen LogP contribution < -0.4 is 10.1 Å². The van der Waals surface area contributed by atoms with E-state index in [4.69, 9.17) is 9.47 Å². The van der Waals surface area contributed by atoms with Crippen molar-refractivity contribution < 1.29 is 9.47 Å². The number of methoxy groups -OCH3 is 1. The number of rotatable bonds is 8. The monoisotopic (exact) mass is 237 g/mol. The minimum atomic E-state index is 0.344. The largest absolute Gasteiger partial charge is 0.496 e. The Morgan fingerprint density at radius 3 is 2.65 bits per heavy atom. The molecule has 0 heterocycles. The standard InChI is InChI=1S/C14H23NO2/c1-4-15-13(11-17-5-2)10-12-8-6-7-9-14(12)16-3/h6-9,13,15H,4-5,10-11H2,1-3H3. The van der Waals surface area contributed by atoms with Crippen LogP contribution in [0.25, 0.3) is 0 Å². The number of hydrogen-bond acceptors (Lipinski definition) is 3. The van der Waals surface area contributed by atoms with Crippen LogP contribution in [-0.4, -0.2) is 32.9 Å². The van der Waals surface area contributed by atoms with Crippen molar-refractivity contribution in [1.29, 1.82) is 0 Å². The van der Waals surface area contributed by atoms with E-state index in [9.17, 15) is 0 Å². The predicted octanol–water partition coefficient (Wildman–Crippen LogP) is 2.25. The fraction of sp³-hybridized carbons (Fsp3) is 0.571. The van der Waals surface area contributed by atoms with Crippen molar-refractivity contribution in [2.75, 3.05) is 26.9 Å². The first-order chi connectivity index (χ1) is 8.31. The third kappa shape index (κ3) is 4.75. The normalized spacial score (nSPS) is 12.4. The fourth-order valence-corrected chi connectivity index (χ4v) is 1.88. The summed E-state index contributed by atoms with van der Waals surface area (Å²) in [5.74, 6) is 0.951. The highest BCUT2D eigenvalue weighted by Crippen LogP contribution is 2.18. The van der Waals surface area contributed by atoms with Crippen molar-refractivity contribution in [3.63, 3.8) is 0 Å². The second-order valence-corrected chi connectivity index (χ2v) is 3.93. The molecule has 0 aliphatic rings. The van der Waals surface area contributed by atoms with Crippen LogP contribution in [0.5, 0.6) is 5.75 Å². The second-order valence-electron chi connectivity index (χ2n) is 3.93. The van der Waals surface area contributed by atoms with Crippen LogP contribution in [0.3, 0.4) is 0 Å². The highest BCUT2D eigenvalue weighted by atomic mass is 16.5. The molecule has 0 aliphatic heterocycles. The van der Waals surface area contributed by atoms with Gasteiger partial charge in [0.25, 0.3) is 0 Å². The van der Waals surface area contributed by atoms with Gasteiger partial charge in [-0.05, 0) is 31.5 Å². The SMILES string of the molecule is CCNC(COCC)Cc1ccccc1OC. The highest BCUT2D eigenvalue weighted by Gasteiger charge is 2.11. The highest BCUT2D eigenvalue weighted by molar-refractivity contribution is 5.33. The van der Waals surface area contributed by atoms with E-state index in [0.29, 0.717) is 6.04 Å². The molecule has 0 aromatic heterocycles. The van der Waals surface area contributed by atoms with Crippen molar-refractivity contribution in [2.45, 2.75) is 26.3 Å². The lowest BCUT2D eigenvalue weighted by Gasteiger charge is -2.19. The van der Waals surface area contributed by atoms with E-state index in [2.05, 4.69) is 18.3 Å². The first-order valence-electron chi connectivity index (χ1n) is 6.24. The lowest BCUT2D eigenvalue weighted by molar-refractivity contribution is 0.123. The zero-order valence-corrected chi connectivity index (χ0v) is 11.0. The van der Waals surface area contributed by atoms with E-state index in [1.807, 2.05) is 25.1 Å². The predicted molar refractivity (Wildman–Crippen MR) is 70.7 cm³/mol. The lowest BCUT2D eigenvalue weighted by Crippen LogP contribution is -2.35. The van der Waals surface area contributed by atoms with E-state index in [1.54, 1.807) is 7.11 Å². The summed E-state index contributed by atoms with van der Waals surface area (Å²) in [5.41, 5.74) is 1.22. The molecular formula is C14H23NO2. The van der Waals surface area contributed by atoms with Gasteiger partial charge in [-0.2, -0.15) is 0 Å². The molecule has 3 nitrogen and oxygen atoms in total. The summed E-state index contributed by atoms with van der Waals surface area (Å²) in [6, 6.07) is 8.49. The van der Waals surface area contributed by atoms with Gasteiger partial charge in [0.15, 0.2) is 0 Å². The van der Waals surface area contributed by atoms with Gasteiger partial charge in [0, 0.05) is 12.6 Å². The minimum Gasteiger partial charge on any atom is -0.496 e. The van der Waals surface area contributed by atoms with Crippen molar-refractivity contribution in [1.82, 2.24) is 5.32 Å². The molecule has 0 fully saturated rings. The quantitative estimate of drug-likeness (QED) is 0.752. The molecule has 0 amide bonds. The summed E-state index contributed by atoms with van der Waals surface area (Å²) in [6.07, 6.45) is 0.928. The van der Waals surface area contributed by atoms with E-state index in [-0.39, 0.29) is 0 Å². The Hall–Kier alpha value is -1.06. The zero-order valence-electron chi connectivity index (χ0n) is 11.0. The summed E-state index contributed by atoms with van der Waals surface area (Å²) in [4.78, 5) is 0. The molecule has 0 saturated carbocycles. The Kier molecular flexibility index (Phi) is 6.67. The van der Waals surface area contributed by atoms with Crippen LogP contribution >= 0.6 is 0 Å². The van der Waals surface area contributed by atoms with E-state index in [0.717, 1.165) is 31.9 Å². The third-order valence-electron chi connectivity index (χ3n) is 2.67. The minimum absolute atomic E-state index is 0.344. The molecule has 96 valence electrons. The number of hydrogen-bond donors (Lipinski definition) is 1. The number of para-hydroxylation sites is 1. The molecule has 0 saturated heterocycles.